The minimum Gasteiger partial charge on any atom is -0.355 e. The monoisotopic (exact) mass is 381 g/mol. The predicted octanol–water partition coefficient (Wildman–Crippen LogP) is 1.44. The molecule has 1 aromatic carbocycles. The number of nitrogens with zero attached hydrogens (tertiary/aromatic N) is 1. The molecule has 1 atom stereocenters. The summed E-state index contributed by atoms with van der Waals surface area (Å²) in [4.78, 5) is 37.4. The molecule has 0 aromatic heterocycles. The molecular weight excluding hydrogens is 362 g/mol. The maximum atomic E-state index is 12.1. The second-order valence-electron chi connectivity index (χ2n) is 5.45. The molecule has 1 unspecified atom stereocenters. The summed E-state index contributed by atoms with van der Waals surface area (Å²) in [6, 6.07) is 7.40. The van der Waals surface area contributed by atoms with E-state index in [0.29, 0.717) is 13.1 Å². The Morgan fingerprint density at radius 1 is 1.35 bits per heavy atom. The molecule has 0 aliphatic carbocycles. The first-order chi connectivity index (χ1) is 11.0. The summed E-state index contributed by atoms with van der Waals surface area (Å²) in [5.41, 5.74) is 0.764. The van der Waals surface area contributed by atoms with E-state index in [9.17, 15) is 14.4 Å². The van der Waals surface area contributed by atoms with Crippen LogP contribution in [0.15, 0.2) is 28.7 Å². The highest BCUT2D eigenvalue weighted by molar-refractivity contribution is 9.10. The van der Waals surface area contributed by atoms with Gasteiger partial charge in [0, 0.05) is 29.7 Å². The molecule has 0 radical (unpaired) electrons. The molecule has 124 valence electrons. The van der Waals surface area contributed by atoms with Crippen molar-refractivity contribution in [3.05, 3.63) is 28.7 Å². The van der Waals surface area contributed by atoms with E-state index in [1.165, 1.54) is 0 Å². The zero-order valence-corrected chi connectivity index (χ0v) is 14.6. The Morgan fingerprint density at radius 3 is 2.83 bits per heavy atom. The van der Waals surface area contributed by atoms with Gasteiger partial charge in [-0.15, -0.1) is 0 Å². The Morgan fingerprint density at radius 2 is 2.13 bits per heavy atom. The number of halogens is 1. The van der Waals surface area contributed by atoms with Crippen molar-refractivity contribution in [3.8, 4) is 0 Å². The lowest BCUT2D eigenvalue weighted by molar-refractivity contribution is -0.128. The van der Waals surface area contributed by atoms with Crippen LogP contribution in [0.2, 0.25) is 0 Å². The summed E-state index contributed by atoms with van der Waals surface area (Å²) in [5.74, 6) is -0.991. The van der Waals surface area contributed by atoms with Crippen LogP contribution in [0.25, 0.3) is 0 Å². The molecule has 1 aliphatic heterocycles. The van der Waals surface area contributed by atoms with Crippen molar-refractivity contribution < 1.29 is 14.4 Å². The summed E-state index contributed by atoms with van der Waals surface area (Å²) in [5, 5.41) is 5.29. The molecular formula is C16H20BrN3O3. The van der Waals surface area contributed by atoms with Gasteiger partial charge in [0.25, 0.3) is 0 Å². The number of anilines is 1. The van der Waals surface area contributed by atoms with E-state index in [0.717, 1.165) is 16.6 Å². The van der Waals surface area contributed by atoms with Crippen LogP contribution in [-0.2, 0) is 14.4 Å². The van der Waals surface area contributed by atoms with Crippen molar-refractivity contribution in [2.45, 2.75) is 19.8 Å². The Bertz CT molecular complexity index is 606. The number of nitrogens with one attached hydrogen (secondary N) is 2. The Hall–Kier alpha value is -1.89. The lowest BCUT2D eigenvalue weighted by Gasteiger charge is -2.17. The summed E-state index contributed by atoms with van der Waals surface area (Å²) in [7, 11) is 0. The smallest absolute Gasteiger partial charge is 0.239 e. The van der Waals surface area contributed by atoms with Gasteiger partial charge in [0.2, 0.25) is 17.7 Å². The largest absolute Gasteiger partial charge is 0.355 e. The van der Waals surface area contributed by atoms with E-state index >= 15 is 0 Å². The fourth-order valence-corrected chi connectivity index (χ4v) is 2.80. The molecule has 1 fully saturated rings. The van der Waals surface area contributed by atoms with Crippen LogP contribution in [-0.4, -0.2) is 37.4 Å². The van der Waals surface area contributed by atoms with Crippen LogP contribution >= 0.6 is 15.9 Å². The molecule has 23 heavy (non-hydrogen) atoms. The maximum Gasteiger partial charge on any atom is 0.239 e. The van der Waals surface area contributed by atoms with Gasteiger partial charge in [-0.1, -0.05) is 28.9 Å². The van der Waals surface area contributed by atoms with Crippen LogP contribution in [0.5, 0.6) is 0 Å². The van der Waals surface area contributed by atoms with Gasteiger partial charge in [-0.3, -0.25) is 14.4 Å². The minimum atomic E-state index is -0.430. The number of hydrogen-bond acceptors (Lipinski definition) is 3. The molecule has 6 nitrogen and oxygen atoms in total. The average Bonchev–Trinajstić information content (AvgIpc) is 2.92. The van der Waals surface area contributed by atoms with Gasteiger partial charge in [-0.2, -0.15) is 0 Å². The third-order valence-corrected chi connectivity index (χ3v) is 4.10. The van der Waals surface area contributed by atoms with Crippen LogP contribution in [0, 0.1) is 5.92 Å². The zero-order valence-electron chi connectivity index (χ0n) is 13.0. The minimum absolute atomic E-state index is 0.0551. The van der Waals surface area contributed by atoms with Crippen LogP contribution in [0.1, 0.15) is 19.8 Å². The summed E-state index contributed by atoms with van der Waals surface area (Å²) >= 11 is 3.37. The molecule has 7 heteroatoms. The molecule has 3 amide bonds. The molecule has 1 aromatic rings. The van der Waals surface area contributed by atoms with Gasteiger partial charge in [0.15, 0.2) is 0 Å². The number of carbonyl (C=O) groups excluding carboxylic acids is 3. The number of benzene rings is 1. The van der Waals surface area contributed by atoms with E-state index < -0.39 is 5.92 Å². The molecule has 0 spiro atoms. The third kappa shape index (κ3) is 4.79. The highest BCUT2D eigenvalue weighted by Gasteiger charge is 2.35. The highest BCUT2D eigenvalue weighted by atomic mass is 79.9. The topological polar surface area (TPSA) is 78.5 Å². The lowest BCUT2D eigenvalue weighted by atomic mass is 10.1. The first-order valence-corrected chi connectivity index (χ1v) is 8.41. The Balaban J connectivity index is 1.89. The first kappa shape index (κ1) is 17.5. The molecule has 1 heterocycles. The SMILES string of the molecule is CCCNC(=O)CNC(=O)C1CC(=O)N(c2cccc(Br)c2)C1. The lowest BCUT2D eigenvalue weighted by Crippen LogP contribution is -2.40. The predicted molar refractivity (Wildman–Crippen MR) is 90.9 cm³/mol. The molecule has 1 aliphatic rings. The second-order valence-corrected chi connectivity index (χ2v) is 6.37. The molecule has 2 rings (SSSR count). The fourth-order valence-electron chi connectivity index (χ4n) is 2.42. The molecule has 2 N–H and O–H groups in total. The number of rotatable bonds is 6. The van der Waals surface area contributed by atoms with Crippen molar-refractivity contribution in [2.75, 3.05) is 24.5 Å². The number of hydrogen-bond donors (Lipinski definition) is 2. The molecule has 0 saturated carbocycles. The van der Waals surface area contributed by atoms with Crippen LogP contribution in [0.3, 0.4) is 0 Å². The maximum absolute atomic E-state index is 12.1. The summed E-state index contributed by atoms with van der Waals surface area (Å²) in [6.45, 7) is 2.82. The van der Waals surface area contributed by atoms with Crippen molar-refractivity contribution in [3.63, 3.8) is 0 Å². The molecule has 1 saturated heterocycles. The Kier molecular flexibility index (Phi) is 6.15. The third-order valence-electron chi connectivity index (χ3n) is 3.61. The highest BCUT2D eigenvalue weighted by Crippen LogP contribution is 2.27. The van der Waals surface area contributed by atoms with E-state index in [4.69, 9.17) is 0 Å². The van der Waals surface area contributed by atoms with Crippen molar-refractivity contribution in [1.82, 2.24) is 10.6 Å². The fraction of sp³-hybridized carbons (Fsp3) is 0.438. The standard InChI is InChI=1S/C16H20BrN3O3/c1-2-6-18-14(21)9-19-16(23)11-7-15(22)20(10-11)13-5-3-4-12(17)8-13/h3-5,8,11H,2,6-7,9-10H2,1H3,(H,18,21)(H,19,23). The summed E-state index contributed by atoms with van der Waals surface area (Å²) < 4.78 is 0.878. The van der Waals surface area contributed by atoms with Gasteiger partial charge < -0.3 is 15.5 Å². The quantitative estimate of drug-likeness (QED) is 0.782. The van der Waals surface area contributed by atoms with Crippen LogP contribution in [0.4, 0.5) is 5.69 Å². The zero-order chi connectivity index (χ0) is 16.8. The molecule has 0 bridgehead atoms. The van der Waals surface area contributed by atoms with Gasteiger partial charge in [0.05, 0.1) is 12.5 Å². The van der Waals surface area contributed by atoms with E-state index in [1.807, 2.05) is 31.2 Å². The normalized spacial score (nSPS) is 17.2. The first-order valence-electron chi connectivity index (χ1n) is 7.61. The number of carbonyl (C=O) groups is 3. The van der Waals surface area contributed by atoms with Gasteiger partial charge in [0.1, 0.15) is 0 Å². The van der Waals surface area contributed by atoms with E-state index in [1.54, 1.807) is 4.90 Å². The Labute approximate surface area is 143 Å². The van der Waals surface area contributed by atoms with Gasteiger partial charge in [-0.25, -0.2) is 0 Å². The van der Waals surface area contributed by atoms with E-state index in [2.05, 4.69) is 26.6 Å². The number of amides is 3. The summed E-state index contributed by atoms with van der Waals surface area (Å²) in [6.07, 6.45) is 1.01. The van der Waals surface area contributed by atoms with Gasteiger partial charge in [-0.05, 0) is 24.6 Å². The van der Waals surface area contributed by atoms with Crippen LogP contribution < -0.4 is 15.5 Å². The van der Waals surface area contributed by atoms with Crippen molar-refractivity contribution >= 4 is 39.3 Å². The second kappa shape index (κ2) is 8.10. The van der Waals surface area contributed by atoms with E-state index in [-0.39, 0.29) is 30.7 Å². The van der Waals surface area contributed by atoms with Gasteiger partial charge >= 0.3 is 0 Å². The average molecular weight is 382 g/mol. The van der Waals surface area contributed by atoms with Crippen molar-refractivity contribution in [2.24, 2.45) is 5.92 Å². The van der Waals surface area contributed by atoms with Crippen molar-refractivity contribution in [1.29, 1.82) is 0 Å².